The first-order valence-electron chi connectivity index (χ1n) is 9.01. The van der Waals surface area contributed by atoms with Crippen molar-refractivity contribution in [1.29, 1.82) is 0 Å². The lowest BCUT2D eigenvalue weighted by Gasteiger charge is -2.25. The first kappa shape index (κ1) is 29.1. The van der Waals surface area contributed by atoms with Gasteiger partial charge in [0.15, 0.2) is 11.6 Å². The molecule has 0 heterocycles. The molecule has 0 radical (unpaired) electrons. The van der Waals surface area contributed by atoms with Crippen LogP contribution < -0.4 is 10.5 Å². The molecule has 1 aromatic carbocycles. The zero-order chi connectivity index (χ0) is 19.4. The van der Waals surface area contributed by atoms with Crippen LogP contribution in [-0.2, 0) is 9.53 Å². The molecule has 0 unspecified atom stereocenters. The van der Waals surface area contributed by atoms with Gasteiger partial charge in [-0.3, -0.25) is 4.79 Å². The summed E-state index contributed by atoms with van der Waals surface area (Å²) in [5.41, 5.74) is 6.07. The van der Waals surface area contributed by atoms with Crippen molar-refractivity contribution >= 4 is 30.7 Å². The molecule has 0 bridgehead atoms. The minimum absolute atomic E-state index is 0. The molecule has 0 aromatic heterocycles. The van der Waals surface area contributed by atoms with Gasteiger partial charge in [-0.05, 0) is 45.6 Å². The highest BCUT2D eigenvalue weighted by Crippen LogP contribution is 2.15. The number of benzene rings is 1. The Balaban J connectivity index is 0. The highest BCUT2D eigenvalue weighted by Gasteiger charge is 2.20. The van der Waals surface area contributed by atoms with Crippen LogP contribution in [0.3, 0.4) is 0 Å². The molecule has 1 amide bonds. The van der Waals surface area contributed by atoms with Crippen LogP contribution in [-0.4, -0.2) is 75.8 Å². The Morgan fingerprint density at radius 1 is 1.11 bits per heavy atom. The van der Waals surface area contributed by atoms with Gasteiger partial charge in [-0.15, -0.1) is 24.8 Å². The van der Waals surface area contributed by atoms with Crippen LogP contribution in [0.2, 0.25) is 0 Å². The molecule has 6 nitrogen and oxygen atoms in total. The number of amides is 1. The molecule has 28 heavy (non-hydrogen) atoms. The third-order valence-corrected chi connectivity index (χ3v) is 4.02. The largest absolute Gasteiger partial charge is 0.489 e. The summed E-state index contributed by atoms with van der Waals surface area (Å²) in [6, 6.07) is 5.67. The summed E-state index contributed by atoms with van der Waals surface area (Å²) in [5.74, 6) is -0.358. The van der Waals surface area contributed by atoms with E-state index in [-0.39, 0.29) is 43.1 Å². The van der Waals surface area contributed by atoms with E-state index in [2.05, 4.69) is 4.90 Å². The number of carbonyl (C=O) groups is 1. The van der Waals surface area contributed by atoms with Crippen molar-refractivity contribution < 1.29 is 18.7 Å². The Hall–Kier alpha value is -1.12. The summed E-state index contributed by atoms with van der Waals surface area (Å²) in [6.07, 6.45) is 2.54. The average molecular weight is 442 g/mol. The molecule has 0 fully saturated rings. The Morgan fingerprint density at radius 2 is 1.75 bits per heavy atom. The summed E-state index contributed by atoms with van der Waals surface area (Å²) in [6.45, 7) is 2.36. The molecule has 164 valence electrons. The van der Waals surface area contributed by atoms with Gasteiger partial charge in [-0.25, -0.2) is 4.39 Å². The molecule has 0 aliphatic heterocycles. The summed E-state index contributed by atoms with van der Waals surface area (Å²) in [7, 11) is 5.62. The standard InChI is InChI=1S/C19H32FN3O3.2ClH/c1-22(2)11-7-6-9-17(21)19(24)23(12-14-25-3)13-15-26-18-10-5-4-8-16(18)20;;/h4-5,8,10,17H,6-7,9,11-15,21H2,1-3H3;2*1H/t17-;;/m0../s1. The fourth-order valence-electron chi connectivity index (χ4n) is 2.51. The van der Waals surface area contributed by atoms with Crippen molar-refractivity contribution in [2.75, 3.05) is 54.1 Å². The van der Waals surface area contributed by atoms with Crippen molar-refractivity contribution in [1.82, 2.24) is 9.80 Å². The van der Waals surface area contributed by atoms with Crippen LogP contribution in [0.4, 0.5) is 4.39 Å². The van der Waals surface area contributed by atoms with Crippen molar-refractivity contribution in [3.05, 3.63) is 30.1 Å². The number of hydrogen-bond donors (Lipinski definition) is 1. The maximum Gasteiger partial charge on any atom is 0.239 e. The number of ether oxygens (including phenoxy) is 2. The summed E-state index contributed by atoms with van der Waals surface area (Å²) < 4.78 is 24.1. The van der Waals surface area contributed by atoms with Gasteiger partial charge in [0.25, 0.3) is 0 Å². The molecule has 1 rings (SSSR count). The molecule has 0 aliphatic carbocycles. The van der Waals surface area contributed by atoms with Crippen LogP contribution in [0.15, 0.2) is 24.3 Å². The lowest BCUT2D eigenvalue weighted by atomic mass is 10.1. The normalized spacial score (nSPS) is 11.4. The minimum atomic E-state index is -0.539. The molecule has 0 spiro atoms. The maximum absolute atomic E-state index is 13.6. The predicted octanol–water partition coefficient (Wildman–Crippen LogP) is 2.58. The predicted molar refractivity (Wildman–Crippen MR) is 115 cm³/mol. The lowest BCUT2D eigenvalue weighted by molar-refractivity contribution is -0.133. The second-order valence-corrected chi connectivity index (χ2v) is 6.50. The second-order valence-electron chi connectivity index (χ2n) is 6.50. The monoisotopic (exact) mass is 441 g/mol. The Morgan fingerprint density at radius 3 is 2.36 bits per heavy atom. The molecule has 0 saturated heterocycles. The fraction of sp³-hybridized carbons (Fsp3) is 0.632. The number of nitrogens with zero attached hydrogens (tertiary/aromatic N) is 2. The Kier molecular flexibility index (Phi) is 17.5. The average Bonchev–Trinajstić information content (AvgIpc) is 2.62. The third kappa shape index (κ3) is 11.7. The smallest absolute Gasteiger partial charge is 0.239 e. The van der Waals surface area contributed by atoms with E-state index < -0.39 is 11.9 Å². The summed E-state index contributed by atoms with van der Waals surface area (Å²) in [4.78, 5) is 16.3. The van der Waals surface area contributed by atoms with Crippen molar-refractivity contribution in [2.45, 2.75) is 25.3 Å². The first-order chi connectivity index (χ1) is 12.5. The number of halogens is 3. The maximum atomic E-state index is 13.6. The van der Waals surface area contributed by atoms with Crippen LogP contribution in [0, 0.1) is 5.82 Å². The van der Waals surface area contributed by atoms with Gasteiger partial charge in [0.1, 0.15) is 6.61 Å². The number of hydrogen-bond acceptors (Lipinski definition) is 5. The SMILES string of the molecule is COCCN(CCOc1ccccc1F)C(=O)[C@@H](N)CCCCN(C)C.Cl.Cl. The van der Waals surface area contributed by atoms with Gasteiger partial charge in [0.05, 0.1) is 19.2 Å². The second kappa shape index (κ2) is 16.8. The van der Waals surface area contributed by atoms with E-state index in [4.69, 9.17) is 15.2 Å². The highest BCUT2D eigenvalue weighted by atomic mass is 35.5. The van der Waals surface area contributed by atoms with Crippen molar-refractivity contribution in [3.63, 3.8) is 0 Å². The molecule has 1 atom stereocenters. The van der Waals surface area contributed by atoms with E-state index in [1.165, 1.54) is 6.07 Å². The van der Waals surface area contributed by atoms with Crippen LogP contribution >= 0.6 is 24.8 Å². The molecule has 2 N–H and O–H groups in total. The number of methoxy groups -OCH3 is 1. The number of rotatable bonds is 13. The molecule has 0 saturated carbocycles. The van der Waals surface area contributed by atoms with E-state index in [0.717, 1.165) is 19.4 Å². The molecular formula is C19H34Cl2FN3O3. The van der Waals surface area contributed by atoms with Gasteiger partial charge >= 0.3 is 0 Å². The van der Waals surface area contributed by atoms with Crippen LogP contribution in [0.25, 0.3) is 0 Å². The highest BCUT2D eigenvalue weighted by molar-refractivity contribution is 5.85. The van der Waals surface area contributed by atoms with Gasteiger partial charge in [-0.2, -0.15) is 0 Å². The Labute approximate surface area is 180 Å². The number of para-hydroxylation sites is 1. The van der Waals surface area contributed by atoms with E-state index in [0.29, 0.717) is 26.1 Å². The molecule has 9 heteroatoms. The van der Waals surface area contributed by atoms with Gasteiger partial charge in [0.2, 0.25) is 5.91 Å². The van der Waals surface area contributed by atoms with Crippen LogP contribution in [0.5, 0.6) is 5.75 Å². The molecular weight excluding hydrogens is 408 g/mol. The van der Waals surface area contributed by atoms with Gasteiger partial charge in [-0.1, -0.05) is 18.6 Å². The van der Waals surface area contributed by atoms with E-state index >= 15 is 0 Å². The number of unbranched alkanes of at least 4 members (excludes halogenated alkanes) is 1. The van der Waals surface area contributed by atoms with E-state index in [9.17, 15) is 9.18 Å². The topological polar surface area (TPSA) is 68.0 Å². The van der Waals surface area contributed by atoms with Crippen LogP contribution in [0.1, 0.15) is 19.3 Å². The quantitative estimate of drug-likeness (QED) is 0.476. The lowest BCUT2D eigenvalue weighted by Crippen LogP contribution is -2.46. The Bertz CT molecular complexity index is 539. The molecule has 1 aromatic rings. The van der Waals surface area contributed by atoms with E-state index in [1.54, 1.807) is 30.2 Å². The zero-order valence-corrected chi connectivity index (χ0v) is 18.6. The minimum Gasteiger partial charge on any atom is -0.489 e. The van der Waals surface area contributed by atoms with E-state index in [1.807, 2.05) is 14.1 Å². The summed E-state index contributed by atoms with van der Waals surface area (Å²) >= 11 is 0. The summed E-state index contributed by atoms with van der Waals surface area (Å²) in [5, 5.41) is 0. The van der Waals surface area contributed by atoms with Gasteiger partial charge in [0, 0.05) is 13.7 Å². The molecule has 0 aliphatic rings. The van der Waals surface area contributed by atoms with Gasteiger partial charge < -0.3 is 25.0 Å². The third-order valence-electron chi connectivity index (χ3n) is 4.02. The van der Waals surface area contributed by atoms with Crippen molar-refractivity contribution in [2.24, 2.45) is 5.73 Å². The number of nitrogens with two attached hydrogens (primary N) is 1. The first-order valence-corrected chi connectivity index (χ1v) is 9.01. The van der Waals surface area contributed by atoms with Crippen molar-refractivity contribution in [3.8, 4) is 5.75 Å². The fourth-order valence-corrected chi connectivity index (χ4v) is 2.51. The zero-order valence-electron chi connectivity index (χ0n) is 16.9. The number of carbonyl (C=O) groups excluding carboxylic acids is 1.